The number of nitrogens with one attached hydrogen (secondary N) is 1. The lowest BCUT2D eigenvalue weighted by atomic mass is 10.5. The van der Waals surface area contributed by atoms with Crippen LogP contribution in [0.1, 0.15) is 6.42 Å². The lowest BCUT2D eigenvalue weighted by molar-refractivity contribution is 0.121. The summed E-state index contributed by atoms with van der Waals surface area (Å²) in [6.07, 6.45) is 0.311. The third-order valence-corrected chi connectivity index (χ3v) is 5.47. The molecule has 0 atom stereocenters. The molecule has 0 saturated heterocycles. The second-order valence-electron chi connectivity index (χ2n) is 4.26. The Balaban J connectivity index is 3.70. The molecule has 0 fully saturated rings. The van der Waals surface area contributed by atoms with E-state index in [0.29, 0.717) is 32.2 Å². The minimum Gasteiger partial charge on any atom is -0.448 e. The normalized spacial score (nSPS) is 11.7. The van der Waals surface area contributed by atoms with Gasteiger partial charge in [-0.1, -0.05) is 0 Å². The molecule has 0 heterocycles. The van der Waals surface area contributed by atoms with E-state index >= 15 is 0 Å². The van der Waals surface area contributed by atoms with Crippen molar-refractivity contribution in [1.29, 1.82) is 0 Å². The highest BCUT2D eigenvalue weighted by molar-refractivity contribution is 6.60. The molecule has 0 saturated carbocycles. The predicted octanol–water partition coefficient (Wildman–Crippen LogP) is 0.542. The number of carbonyl (C=O) groups is 1. The van der Waals surface area contributed by atoms with Gasteiger partial charge in [-0.25, -0.2) is 4.79 Å². The zero-order valence-electron chi connectivity index (χ0n) is 12.5. The highest BCUT2D eigenvalue weighted by Crippen LogP contribution is 2.14. The SMILES string of the molecule is CO[Si](CCCNC(=O)OCCN(C)C)(OC)OC. The Labute approximate surface area is 116 Å². The van der Waals surface area contributed by atoms with Crippen molar-refractivity contribution < 1.29 is 22.8 Å². The molecule has 7 nitrogen and oxygen atoms in total. The summed E-state index contributed by atoms with van der Waals surface area (Å²) in [5.74, 6) is 0. The van der Waals surface area contributed by atoms with Gasteiger partial charge >= 0.3 is 14.9 Å². The fraction of sp³-hybridized carbons (Fsp3) is 0.909. The van der Waals surface area contributed by atoms with Gasteiger partial charge in [-0.15, -0.1) is 0 Å². The van der Waals surface area contributed by atoms with Crippen molar-refractivity contribution in [2.45, 2.75) is 12.5 Å². The molecule has 0 aliphatic rings. The summed E-state index contributed by atoms with van der Waals surface area (Å²) in [7, 11) is 6.03. The number of amides is 1. The van der Waals surface area contributed by atoms with Crippen LogP contribution in [0.4, 0.5) is 4.79 Å². The number of alkyl carbamates (subject to hydrolysis) is 1. The zero-order chi connectivity index (χ0) is 14.7. The maximum absolute atomic E-state index is 11.3. The van der Waals surface area contributed by atoms with Crippen LogP contribution < -0.4 is 5.32 Å². The summed E-state index contributed by atoms with van der Waals surface area (Å²) in [5.41, 5.74) is 0. The van der Waals surface area contributed by atoms with Gasteiger partial charge in [0.25, 0.3) is 0 Å². The first-order valence-electron chi connectivity index (χ1n) is 6.20. The highest BCUT2D eigenvalue weighted by atomic mass is 28.4. The van der Waals surface area contributed by atoms with Crippen molar-refractivity contribution in [3.8, 4) is 0 Å². The average Bonchev–Trinajstić information content (AvgIpc) is 2.39. The molecular weight excluding hydrogens is 268 g/mol. The van der Waals surface area contributed by atoms with Crippen LogP contribution >= 0.6 is 0 Å². The fourth-order valence-corrected chi connectivity index (χ4v) is 3.15. The summed E-state index contributed by atoms with van der Waals surface area (Å²) in [5, 5.41) is 2.68. The molecule has 19 heavy (non-hydrogen) atoms. The summed E-state index contributed by atoms with van der Waals surface area (Å²) in [4.78, 5) is 13.3. The second kappa shape index (κ2) is 10.2. The minimum atomic E-state index is -2.53. The molecule has 8 heteroatoms. The van der Waals surface area contributed by atoms with Crippen LogP contribution in [-0.4, -0.2) is 74.9 Å². The molecule has 0 aliphatic carbocycles. The third-order valence-electron chi connectivity index (χ3n) is 2.63. The van der Waals surface area contributed by atoms with Gasteiger partial charge in [0.05, 0.1) is 0 Å². The van der Waals surface area contributed by atoms with E-state index in [1.807, 2.05) is 19.0 Å². The van der Waals surface area contributed by atoms with Gasteiger partial charge < -0.3 is 28.2 Å². The van der Waals surface area contributed by atoms with E-state index in [2.05, 4.69) is 5.32 Å². The molecule has 0 aromatic carbocycles. The molecule has 0 unspecified atom stereocenters. The van der Waals surface area contributed by atoms with E-state index in [-0.39, 0.29) is 0 Å². The molecule has 0 radical (unpaired) electrons. The molecule has 0 aromatic rings. The average molecular weight is 294 g/mol. The number of hydrogen-bond donors (Lipinski definition) is 1. The molecule has 0 rings (SSSR count). The van der Waals surface area contributed by atoms with Gasteiger partial charge in [0.1, 0.15) is 6.61 Å². The first kappa shape index (κ1) is 18.3. The molecule has 1 amide bonds. The summed E-state index contributed by atoms with van der Waals surface area (Å²) in [6, 6.07) is 0.647. The van der Waals surface area contributed by atoms with Gasteiger partial charge in [0.2, 0.25) is 0 Å². The molecule has 0 bridgehead atoms. The van der Waals surface area contributed by atoms with E-state index in [0.717, 1.165) is 0 Å². The van der Waals surface area contributed by atoms with Gasteiger partial charge in [-0.05, 0) is 20.5 Å². The largest absolute Gasteiger partial charge is 0.500 e. The van der Waals surface area contributed by atoms with E-state index in [9.17, 15) is 4.79 Å². The van der Waals surface area contributed by atoms with E-state index in [1.165, 1.54) is 0 Å². The van der Waals surface area contributed by atoms with Crippen LogP contribution in [0.2, 0.25) is 6.04 Å². The Morgan fingerprint density at radius 3 is 2.21 bits per heavy atom. The van der Waals surface area contributed by atoms with Crippen LogP contribution in [0.15, 0.2) is 0 Å². The Morgan fingerprint density at radius 1 is 1.16 bits per heavy atom. The third kappa shape index (κ3) is 8.17. The standard InChI is InChI=1S/C11H26N2O5Si/c1-13(2)8-9-18-11(14)12-7-6-10-19(15-3,16-4)17-5/h6-10H2,1-5H3,(H,12,14). The molecule has 0 aliphatic heterocycles. The number of ether oxygens (including phenoxy) is 1. The second-order valence-corrected chi connectivity index (χ2v) is 7.36. The van der Waals surface area contributed by atoms with Crippen LogP contribution in [0, 0.1) is 0 Å². The molecule has 1 N–H and O–H groups in total. The van der Waals surface area contributed by atoms with Crippen molar-refractivity contribution in [1.82, 2.24) is 10.2 Å². The van der Waals surface area contributed by atoms with E-state index < -0.39 is 14.9 Å². The number of nitrogens with zero attached hydrogens (tertiary/aromatic N) is 1. The van der Waals surface area contributed by atoms with Crippen LogP contribution in [0.5, 0.6) is 0 Å². The molecule has 0 aromatic heterocycles. The first-order valence-corrected chi connectivity index (χ1v) is 8.13. The Bertz CT molecular complexity index is 241. The summed E-state index contributed by atoms with van der Waals surface area (Å²) in [6.45, 7) is 1.60. The van der Waals surface area contributed by atoms with Crippen molar-refractivity contribution in [3.05, 3.63) is 0 Å². The molecular formula is C11H26N2O5Si. The van der Waals surface area contributed by atoms with Crippen molar-refractivity contribution in [2.75, 3.05) is 55.1 Å². The lowest BCUT2D eigenvalue weighted by Crippen LogP contribution is -2.43. The monoisotopic (exact) mass is 294 g/mol. The van der Waals surface area contributed by atoms with E-state index in [4.69, 9.17) is 18.0 Å². The predicted molar refractivity (Wildman–Crippen MR) is 74.1 cm³/mol. The minimum absolute atomic E-state index is 0.381. The van der Waals surface area contributed by atoms with Crippen molar-refractivity contribution in [2.24, 2.45) is 0 Å². The number of likely N-dealkylation sites (N-methyl/N-ethyl adjacent to an activating group) is 1. The van der Waals surface area contributed by atoms with Gasteiger partial charge in [-0.3, -0.25) is 0 Å². The van der Waals surface area contributed by atoms with Crippen molar-refractivity contribution >= 4 is 14.9 Å². The smallest absolute Gasteiger partial charge is 0.448 e. The Morgan fingerprint density at radius 2 is 1.74 bits per heavy atom. The van der Waals surface area contributed by atoms with Crippen molar-refractivity contribution in [3.63, 3.8) is 0 Å². The summed E-state index contributed by atoms with van der Waals surface area (Å²) < 4.78 is 20.8. The summed E-state index contributed by atoms with van der Waals surface area (Å²) >= 11 is 0. The fourth-order valence-electron chi connectivity index (χ4n) is 1.42. The van der Waals surface area contributed by atoms with E-state index in [1.54, 1.807) is 21.3 Å². The van der Waals surface area contributed by atoms with Crippen LogP contribution in [0.3, 0.4) is 0 Å². The number of hydrogen-bond acceptors (Lipinski definition) is 6. The number of rotatable bonds is 10. The van der Waals surface area contributed by atoms with Gasteiger partial charge in [0, 0.05) is 40.5 Å². The van der Waals surface area contributed by atoms with Crippen LogP contribution in [-0.2, 0) is 18.0 Å². The van der Waals surface area contributed by atoms with Gasteiger partial charge in [0.15, 0.2) is 0 Å². The lowest BCUT2D eigenvalue weighted by Gasteiger charge is -2.24. The number of carbonyl (C=O) groups excluding carboxylic acids is 1. The maximum Gasteiger partial charge on any atom is 0.500 e. The highest BCUT2D eigenvalue weighted by Gasteiger charge is 2.36. The molecule has 0 spiro atoms. The Kier molecular flexibility index (Phi) is 9.80. The topological polar surface area (TPSA) is 69.3 Å². The molecule has 114 valence electrons. The first-order chi connectivity index (χ1) is 8.99. The Hall–Kier alpha value is -0.673. The van der Waals surface area contributed by atoms with Gasteiger partial charge in [-0.2, -0.15) is 0 Å². The maximum atomic E-state index is 11.3. The van der Waals surface area contributed by atoms with Crippen LogP contribution in [0.25, 0.3) is 0 Å². The zero-order valence-corrected chi connectivity index (χ0v) is 13.5. The quantitative estimate of drug-likeness (QED) is 0.468.